The zero-order valence-corrected chi connectivity index (χ0v) is 13.7. The molecule has 0 saturated carbocycles. The molecule has 7 heteroatoms. The lowest BCUT2D eigenvalue weighted by Crippen LogP contribution is -2.18. The summed E-state index contributed by atoms with van der Waals surface area (Å²) in [5.41, 5.74) is 2.91. The SMILES string of the molecule is O=C(N/N=C/c1coc2ccc(Br)cc2c1=O)c1ccc(F)cc1. The summed E-state index contributed by atoms with van der Waals surface area (Å²) in [6.07, 6.45) is 2.47. The second-order valence-corrected chi connectivity index (χ2v) is 5.78. The summed E-state index contributed by atoms with van der Waals surface area (Å²) >= 11 is 3.30. The van der Waals surface area contributed by atoms with Crippen LogP contribution in [-0.2, 0) is 0 Å². The molecule has 0 spiro atoms. The molecule has 0 aliphatic heterocycles. The van der Waals surface area contributed by atoms with E-state index in [0.717, 1.165) is 4.47 Å². The lowest BCUT2D eigenvalue weighted by molar-refractivity contribution is 0.0955. The molecule has 0 aliphatic rings. The van der Waals surface area contributed by atoms with Gasteiger partial charge in [0.2, 0.25) is 5.43 Å². The number of amides is 1. The fourth-order valence-corrected chi connectivity index (χ4v) is 2.39. The van der Waals surface area contributed by atoms with Crippen LogP contribution >= 0.6 is 15.9 Å². The van der Waals surface area contributed by atoms with Crippen LogP contribution in [0.1, 0.15) is 15.9 Å². The van der Waals surface area contributed by atoms with Gasteiger partial charge < -0.3 is 4.42 Å². The van der Waals surface area contributed by atoms with Crippen LogP contribution < -0.4 is 10.9 Å². The van der Waals surface area contributed by atoms with Crippen LogP contribution in [0.3, 0.4) is 0 Å². The molecule has 1 N–H and O–H groups in total. The number of rotatable bonds is 3. The number of hydrogen-bond donors (Lipinski definition) is 1. The number of nitrogens with zero attached hydrogens (tertiary/aromatic N) is 1. The molecule has 0 unspecified atom stereocenters. The number of nitrogens with one attached hydrogen (secondary N) is 1. The van der Waals surface area contributed by atoms with E-state index in [4.69, 9.17) is 4.42 Å². The number of carbonyl (C=O) groups excluding carboxylic acids is 1. The minimum Gasteiger partial charge on any atom is -0.463 e. The summed E-state index contributed by atoms with van der Waals surface area (Å²) in [4.78, 5) is 24.2. The molecule has 0 atom stereocenters. The van der Waals surface area contributed by atoms with E-state index in [0.29, 0.717) is 11.0 Å². The third kappa shape index (κ3) is 3.41. The van der Waals surface area contributed by atoms with E-state index in [1.807, 2.05) is 0 Å². The molecule has 0 fully saturated rings. The molecule has 1 amide bonds. The molecule has 3 rings (SSSR count). The maximum atomic E-state index is 12.8. The number of benzene rings is 2. The highest BCUT2D eigenvalue weighted by atomic mass is 79.9. The number of carbonyl (C=O) groups is 1. The fraction of sp³-hybridized carbons (Fsp3) is 0. The number of fused-ring (bicyclic) bond motifs is 1. The number of halogens is 2. The van der Waals surface area contributed by atoms with Gasteiger partial charge in [0.25, 0.3) is 5.91 Å². The van der Waals surface area contributed by atoms with E-state index < -0.39 is 11.7 Å². The third-order valence-electron chi connectivity index (χ3n) is 3.24. The van der Waals surface area contributed by atoms with Crippen molar-refractivity contribution in [2.24, 2.45) is 5.10 Å². The van der Waals surface area contributed by atoms with E-state index in [1.165, 1.54) is 36.7 Å². The van der Waals surface area contributed by atoms with Crippen LogP contribution in [0.2, 0.25) is 0 Å². The van der Waals surface area contributed by atoms with Gasteiger partial charge in [-0.2, -0.15) is 5.10 Å². The Bertz CT molecular complexity index is 997. The maximum absolute atomic E-state index is 12.8. The van der Waals surface area contributed by atoms with Gasteiger partial charge in [-0.1, -0.05) is 15.9 Å². The minimum atomic E-state index is -0.515. The second-order valence-electron chi connectivity index (χ2n) is 4.87. The zero-order chi connectivity index (χ0) is 17.1. The Morgan fingerprint density at radius 3 is 2.71 bits per heavy atom. The van der Waals surface area contributed by atoms with Gasteiger partial charge in [0.15, 0.2) is 0 Å². The first-order chi connectivity index (χ1) is 11.5. The van der Waals surface area contributed by atoms with Crippen LogP contribution in [-0.4, -0.2) is 12.1 Å². The first-order valence-corrected chi connectivity index (χ1v) is 7.64. The molecule has 120 valence electrons. The van der Waals surface area contributed by atoms with Gasteiger partial charge in [0.1, 0.15) is 17.7 Å². The molecule has 1 heterocycles. The lowest BCUT2D eigenvalue weighted by atomic mass is 10.2. The minimum absolute atomic E-state index is 0.194. The topological polar surface area (TPSA) is 71.7 Å². The summed E-state index contributed by atoms with van der Waals surface area (Å²) in [6.45, 7) is 0. The van der Waals surface area contributed by atoms with Crippen LogP contribution in [0.4, 0.5) is 4.39 Å². The van der Waals surface area contributed by atoms with Crippen molar-refractivity contribution in [3.63, 3.8) is 0 Å². The van der Waals surface area contributed by atoms with E-state index in [1.54, 1.807) is 18.2 Å². The van der Waals surface area contributed by atoms with E-state index in [9.17, 15) is 14.0 Å². The molecule has 2 aromatic carbocycles. The van der Waals surface area contributed by atoms with Gasteiger partial charge >= 0.3 is 0 Å². The Hall–Kier alpha value is -2.80. The van der Waals surface area contributed by atoms with Crippen molar-refractivity contribution < 1.29 is 13.6 Å². The average Bonchev–Trinajstić information content (AvgIpc) is 2.58. The normalized spacial score (nSPS) is 11.1. The van der Waals surface area contributed by atoms with Crippen LogP contribution in [0.15, 0.2) is 67.5 Å². The van der Waals surface area contributed by atoms with E-state index in [2.05, 4.69) is 26.5 Å². The molecule has 1 aromatic heterocycles. The Morgan fingerprint density at radius 1 is 1.21 bits per heavy atom. The van der Waals surface area contributed by atoms with E-state index in [-0.39, 0.29) is 16.6 Å². The molecule has 0 aliphatic carbocycles. The van der Waals surface area contributed by atoms with Gasteiger partial charge in [-0.25, -0.2) is 9.82 Å². The highest BCUT2D eigenvalue weighted by molar-refractivity contribution is 9.10. The standard InChI is InChI=1S/C17H10BrFN2O3/c18-12-3-6-15-14(7-12)16(22)11(9-24-15)8-20-21-17(23)10-1-4-13(19)5-2-10/h1-9H,(H,21,23)/b20-8+. The van der Waals surface area contributed by atoms with Crippen molar-refractivity contribution in [2.45, 2.75) is 0 Å². The Kier molecular flexibility index (Phi) is 4.52. The Morgan fingerprint density at radius 2 is 1.96 bits per heavy atom. The van der Waals surface area contributed by atoms with Crippen LogP contribution in [0.5, 0.6) is 0 Å². The molecule has 5 nitrogen and oxygen atoms in total. The summed E-state index contributed by atoms with van der Waals surface area (Å²) in [7, 11) is 0. The summed E-state index contributed by atoms with van der Waals surface area (Å²) in [5.74, 6) is -0.950. The average molecular weight is 389 g/mol. The molecule has 0 radical (unpaired) electrons. The monoisotopic (exact) mass is 388 g/mol. The lowest BCUT2D eigenvalue weighted by Gasteiger charge is -2.00. The van der Waals surface area contributed by atoms with Gasteiger partial charge in [-0.3, -0.25) is 9.59 Å². The van der Waals surface area contributed by atoms with Crippen molar-refractivity contribution in [3.05, 3.63) is 80.4 Å². The van der Waals surface area contributed by atoms with Gasteiger partial charge in [0, 0.05) is 10.0 Å². The quantitative estimate of drug-likeness (QED) is 0.551. The number of hydrogen-bond acceptors (Lipinski definition) is 4. The van der Waals surface area contributed by atoms with Gasteiger partial charge in [0.05, 0.1) is 17.2 Å². The molecule has 24 heavy (non-hydrogen) atoms. The summed E-state index contributed by atoms with van der Waals surface area (Å²) in [5, 5.41) is 4.14. The second kappa shape index (κ2) is 6.76. The molecule has 0 bridgehead atoms. The van der Waals surface area contributed by atoms with Crippen molar-refractivity contribution in [1.82, 2.24) is 5.43 Å². The summed E-state index contributed by atoms with van der Waals surface area (Å²) in [6, 6.07) is 10.1. The Labute approximate surface area is 143 Å². The molecular weight excluding hydrogens is 379 g/mol. The Balaban J connectivity index is 1.80. The smallest absolute Gasteiger partial charge is 0.271 e. The van der Waals surface area contributed by atoms with Crippen molar-refractivity contribution in [2.75, 3.05) is 0 Å². The first kappa shape index (κ1) is 16.1. The molecular formula is C17H10BrFN2O3. The van der Waals surface area contributed by atoms with Crippen molar-refractivity contribution >= 4 is 39.0 Å². The predicted molar refractivity (Wildman–Crippen MR) is 91.6 cm³/mol. The first-order valence-electron chi connectivity index (χ1n) is 6.84. The number of hydrazone groups is 1. The fourth-order valence-electron chi connectivity index (χ4n) is 2.03. The van der Waals surface area contributed by atoms with Gasteiger partial charge in [-0.15, -0.1) is 0 Å². The van der Waals surface area contributed by atoms with Crippen LogP contribution in [0, 0.1) is 5.82 Å². The van der Waals surface area contributed by atoms with Crippen molar-refractivity contribution in [1.29, 1.82) is 0 Å². The zero-order valence-electron chi connectivity index (χ0n) is 12.1. The van der Waals surface area contributed by atoms with Crippen LogP contribution in [0.25, 0.3) is 11.0 Å². The predicted octanol–water partition coefficient (Wildman–Crippen LogP) is 3.46. The van der Waals surface area contributed by atoms with Crippen molar-refractivity contribution in [3.8, 4) is 0 Å². The maximum Gasteiger partial charge on any atom is 0.271 e. The summed E-state index contributed by atoms with van der Waals surface area (Å²) < 4.78 is 18.9. The highest BCUT2D eigenvalue weighted by Gasteiger charge is 2.07. The van der Waals surface area contributed by atoms with E-state index >= 15 is 0 Å². The van der Waals surface area contributed by atoms with Gasteiger partial charge in [-0.05, 0) is 42.5 Å². The third-order valence-corrected chi connectivity index (χ3v) is 3.73. The molecule has 0 saturated heterocycles. The largest absolute Gasteiger partial charge is 0.463 e. The molecule has 3 aromatic rings. The highest BCUT2D eigenvalue weighted by Crippen LogP contribution is 2.17.